The van der Waals surface area contributed by atoms with Crippen LogP contribution < -0.4 is 0 Å². The second-order valence-corrected chi connectivity index (χ2v) is 4.19. The Morgan fingerprint density at radius 3 is 3.00 bits per heavy atom. The van der Waals surface area contributed by atoms with E-state index in [4.69, 9.17) is 5.26 Å². The largest absolute Gasteiger partial charge is 0.463 e. The summed E-state index contributed by atoms with van der Waals surface area (Å²) in [5.41, 5.74) is 0.967. The van der Waals surface area contributed by atoms with Gasteiger partial charge in [-0.05, 0) is 18.2 Å². The van der Waals surface area contributed by atoms with Crippen molar-refractivity contribution in [3.8, 4) is 11.8 Å². The molecule has 6 nitrogen and oxygen atoms in total. The number of esters is 1. The molecule has 1 aromatic carbocycles. The van der Waals surface area contributed by atoms with Crippen LogP contribution in [0.5, 0.6) is 0 Å². The average Bonchev–Trinajstić information content (AvgIpc) is 2.87. The lowest BCUT2D eigenvalue weighted by molar-refractivity contribution is 0.0587. The van der Waals surface area contributed by atoms with Crippen LogP contribution in [0.2, 0.25) is 0 Å². The fraction of sp³-hybridized carbons (Fsp3) is 0.0909. The van der Waals surface area contributed by atoms with Gasteiger partial charge in [-0.3, -0.25) is 0 Å². The molecule has 2 aromatic rings. The van der Waals surface area contributed by atoms with Crippen LogP contribution in [0.25, 0.3) is 5.69 Å². The van der Waals surface area contributed by atoms with Crippen molar-refractivity contribution < 1.29 is 9.53 Å². The molecule has 0 radical (unpaired) electrons. The van der Waals surface area contributed by atoms with Gasteiger partial charge in [0.05, 0.1) is 18.4 Å². The fourth-order valence-corrected chi connectivity index (χ4v) is 1.72. The van der Waals surface area contributed by atoms with Crippen molar-refractivity contribution in [1.82, 2.24) is 14.8 Å². The predicted molar refractivity (Wildman–Crippen MR) is 65.1 cm³/mol. The van der Waals surface area contributed by atoms with Gasteiger partial charge in [-0.1, -0.05) is 15.9 Å². The normalized spacial score (nSPS) is 9.83. The summed E-state index contributed by atoms with van der Waals surface area (Å²) in [4.78, 5) is 15.1. The number of carbonyl (C=O) groups is 1. The first kappa shape index (κ1) is 12.3. The van der Waals surface area contributed by atoms with Crippen LogP contribution in [0.15, 0.2) is 29.0 Å². The van der Waals surface area contributed by atoms with Gasteiger partial charge in [0.1, 0.15) is 12.4 Å². The average molecular weight is 307 g/mol. The minimum atomic E-state index is -0.621. The third kappa shape index (κ3) is 2.24. The number of methoxy groups -OCH3 is 1. The van der Waals surface area contributed by atoms with E-state index >= 15 is 0 Å². The Balaban J connectivity index is 2.47. The molecule has 0 aliphatic heterocycles. The molecule has 0 unspecified atom stereocenters. The van der Waals surface area contributed by atoms with E-state index in [9.17, 15) is 4.79 Å². The van der Waals surface area contributed by atoms with Gasteiger partial charge in [0.25, 0.3) is 5.82 Å². The molecule has 0 saturated carbocycles. The van der Waals surface area contributed by atoms with E-state index in [0.717, 1.165) is 4.47 Å². The first-order chi connectivity index (χ1) is 8.65. The van der Waals surface area contributed by atoms with Crippen molar-refractivity contribution in [1.29, 1.82) is 5.26 Å². The van der Waals surface area contributed by atoms with Crippen LogP contribution in [0.3, 0.4) is 0 Å². The second kappa shape index (κ2) is 4.98. The maximum Gasteiger partial charge on any atom is 0.377 e. The topological polar surface area (TPSA) is 80.8 Å². The molecular formula is C11H7BrN4O2. The van der Waals surface area contributed by atoms with Gasteiger partial charge in [-0.25, -0.2) is 14.5 Å². The van der Waals surface area contributed by atoms with E-state index in [1.807, 2.05) is 0 Å². The zero-order chi connectivity index (χ0) is 13.1. The summed E-state index contributed by atoms with van der Waals surface area (Å²) in [6.45, 7) is 0. The van der Waals surface area contributed by atoms with E-state index in [1.54, 1.807) is 18.2 Å². The van der Waals surface area contributed by atoms with Crippen molar-refractivity contribution in [2.75, 3.05) is 7.11 Å². The Labute approximate surface area is 111 Å². The number of ether oxygens (including phenoxy) is 1. The molecule has 0 aliphatic carbocycles. The molecular weight excluding hydrogens is 300 g/mol. The Hall–Kier alpha value is -2.20. The van der Waals surface area contributed by atoms with E-state index in [-0.39, 0.29) is 5.82 Å². The van der Waals surface area contributed by atoms with E-state index < -0.39 is 5.97 Å². The van der Waals surface area contributed by atoms with Crippen LogP contribution in [-0.4, -0.2) is 27.8 Å². The third-order valence-electron chi connectivity index (χ3n) is 2.19. The van der Waals surface area contributed by atoms with Crippen molar-refractivity contribution in [3.63, 3.8) is 0 Å². The Kier molecular flexibility index (Phi) is 3.39. The molecule has 7 heteroatoms. The van der Waals surface area contributed by atoms with Gasteiger partial charge < -0.3 is 4.74 Å². The summed E-state index contributed by atoms with van der Waals surface area (Å²) in [7, 11) is 1.25. The minimum absolute atomic E-state index is 0.0516. The number of hydrogen-bond donors (Lipinski definition) is 0. The molecule has 0 bridgehead atoms. The SMILES string of the molecule is COC(=O)c1ncn(-c2ccc(Br)cc2C#N)n1. The summed E-state index contributed by atoms with van der Waals surface area (Å²) < 4.78 is 6.66. The summed E-state index contributed by atoms with van der Waals surface area (Å²) in [6.07, 6.45) is 1.36. The van der Waals surface area contributed by atoms with Crippen LogP contribution in [0, 0.1) is 11.3 Å². The molecule has 0 aliphatic rings. The standard InChI is InChI=1S/C11H7BrN4O2/c1-18-11(17)10-14-6-16(15-10)9-3-2-8(12)4-7(9)5-13/h2-4,6H,1H3. The molecule has 0 fully saturated rings. The zero-order valence-corrected chi connectivity index (χ0v) is 10.9. The molecule has 0 N–H and O–H groups in total. The van der Waals surface area contributed by atoms with Crippen molar-refractivity contribution in [3.05, 3.63) is 40.4 Å². The second-order valence-electron chi connectivity index (χ2n) is 3.28. The lowest BCUT2D eigenvalue weighted by atomic mass is 10.2. The van der Waals surface area contributed by atoms with Crippen LogP contribution in [0.1, 0.15) is 16.2 Å². The highest BCUT2D eigenvalue weighted by Crippen LogP contribution is 2.18. The molecule has 1 aromatic heterocycles. The number of aromatic nitrogens is 3. The number of carbonyl (C=O) groups excluding carboxylic acids is 1. The first-order valence-corrected chi connectivity index (χ1v) is 5.65. The lowest BCUT2D eigenvalue weighted by Gasteiger charge is -2.03. The number of halogens is 1. The molecule has 0 atom stereocenters. The summed E-state index contributed by atoms with van der Waals surface area (Å²) in [6, 6.07) is 7.19. The zero-order valence-electron chi connectivity index (χ0n) is 9.29. The first-order valence-electron chi connectivity index (χ1n) is 4.85. The van der Waals surface area contributed by atoms with Gasteiger partial charge in [0.2, 0.25) is 0 Å². The Bertz CT molecular complexity index is 645. The van der Waals surface area contributed by atoms with E-state index in [1.165, 1.54) is 18.1 Å². The van der Waals surface area contributed by atoms with Crippen molar-refractivity contribution >= 4 is 21.9 Å². The molecule has 18 heavy (non-hydrogen) atoms. The van der Waals surface area contributed by atoms with Crippen molar-refractivity contribution in [2.45, 2.75) is 0 Å². The molecule has 90 valence electrons. The molecule has 1 heterocycles. The minimum Gasteiger partial charge on any atom is -0.463 e. The maximum absolute atomic E-state index is 11.2. The van der Waals surface area contributed by atoms with Gasteiger partial charge >= 0.3 is 5.97 Å². The fourth-order valence-electron chi connectivity index (χ4n) is 1.36. The highest BCUT2D eigenvalue weighted by atomic mass is 79.9. The maximum atomic E-state index is 11.2. The highest BCUT2D eigenvalue weighted by Gasteiger charge is 2.13. The van der Waals surface area contributed by atoms with Gasteiger partial charge in [0.15, 0.2) is 0 Å². The molecule has 2 rings (SSSR count). The number of nitrogens with zero attached hydrogens (tertiary/aromatic N) is 4. The molecule has 0 saturated heterocycles. The highest BCUT2D eigenvalue weighted by molar-refractivity contribution is 9.10. The third-order valence-corrected chi connectivity index (χ3v) is 2.68. The van der Waals surface area contributed by atoms with Gasteiger partial charge in [-0.2, -0.15) is 5.26 Å². The smallest absolute Gasteiger partial charge is 0.377 e. The number of nitriles is 1. The molecule has 0 spiro atoms. The van der Waals surface area contributed by atoms with Crippen LogP contribution >= 0.6 is 15.9 Å². The van der Waals surface area contributed by atoms with E-state index in [2.05, 4.69) is 36.8 Å². The summed E-state index contributed by atoms with van der Waals surface area (Å²) in [5, 5.41) is 13.0. The quantitative estimate of drug-likeness (QED) is 0.789. The van der Waals surface area contributed by atoms with Gasteiger partial charge in [-0.15, -0.1) is 5.10 Å². The number of hydrogen-bond acceptors (Lipinski definition) is 5. The number of benzene rings is 1. The monoisotopic (exact) mass is 306 g/mol. The summed E-state index contributed by atoms with van der Waals surface area (Å²) in [5.74, 6) is -0.673. The van der Waals surface area contributed by atoms with Crippen LogP contribution in [-0.2, 0) is 4.74 Å². The number of rotatable bonds is 2. The van der Waals surface area contributed by atoms with Crippen molar-refractivity contribution in [2.24, 2.45) is 0 Å². The molecule has 0 amide bonds. The van der Waals surface area contributed by atoms with Gasteiger partial charge in [0, 0.05) is 4.47 Å². The Morgan fingerprint density at radius 2 is 2.33 bits per heavy atom. The van der Waals surface area contributed by atoms with E-state index in [0.29, 0.717) is 11.3 Å². The Morgan fingerprint density at radius 1 is 1.56 bits per heavy atom. The summed E-state index contributed by atoms with van der Waals surface area (Å²) >= 11 is 3.28. The predicted octanol–water partition coefficient (Wildman–Crippen LogP) is 1.69. The van der Waals surface area contributed by atoms with Crippen LogP contribution in [0.4, 0.5) is 0 Å². The lowest BCUT2D eigenvalue weighted by Crippen LogP contribution is -2.05.